The zero-order valence-electron chi connectivity index (χ0n) is 16.6. The molecule has 0 radical (unpaired) electrons. The Hall–Kier alpha value is -4.22. The third-order valence-electron chi connectivity index (χ3n) is 4.39. The molecule has 33 heavy (non-hydrogen) atoms. The summed E-state index contributed by atoms with van der Waals surface area (Å²) in [6.07, 6.45) is 1.43. The van der Waals surface area contributed by atoms with Gasteiger partial charge in [0.1, 0.15) is 5.69 Å². The zero-order chi connectivity index (χ0) is 23.5. The largest absolute Gasteiger partial charge is 0.494 e. The summed E-state index contributed by atoms with van der Waals surface area (Å²) in [6.45, 7) is 0. The topological polar surface area (TPSA) is 167 Å². The van der Waals surface area contributed by atoms with E-state index < -0.39 is 11.6 Å². The van der Waals surface area contributed by atoms with Gasteiger partial charge in [0.2, 0.25) is 0 Å². The second-order valence-electron chi connectivity index (χ2n) is 6.57. The second-order valence-corrected chi connectivity index (χ2v) is 7.38. The van der Waals surface area contributed by atoms with Crippen molar-refractivity contribution in [3.8, 4) is 17.4 Å². The molecule has 0 aliphatic heterocycles. The van der Waals surface area contributed by atoms with E-state index >= 15 is 0 Å². The van der Waals surface area contributed by atoms with Gasteiger partial charge in [0, 0.05) is 0 Å². The molecular formula is C20H15Cl2N9O2. The van der Waals surface area contributed by atoms with Crippen molar-refractivity contribution in [2.75, 3.05) is 10.7 Å². The highest BCUT2D eigenvalue weighted by Gasteiger charge is 2.16. The average molecular weight is 484 g/mol. The van der Waals surface area contributed by atoms with Crippen molar-refractivity contribution >= 4 is 57.7 Å². The van der Waals surface area contributed by atoms with Crippen LogP contribution in [0.5, 0.6) is 5.88 Å². The minimum absolute atomic E-state index is 0.0369. The Bertz CT molecular complexity index is 1380. The van der Waals surface area contributed by atoms with E-state index in [9.17, 15) is 9.90 Å². The first-order chi connectivity index (χ1) is 15.8. The highest BCUT2D eigenvalue weighted by Crippen LogP contribution is 2.29. The van der Waals surface area contributed by atoms with Gasteiger partial charge in [-0.25, -0.2) is 4.40 Å². The Morgan fingerprint density at radius 3 is 2.48 bits per heavy atom. The molecule has 0 bridgehead atoms. The van der Waals surface area contributed by atoms with Crippen molar-refractivity contribution in [2.45, 2.75) is 0 Å². The van der Waals surface area contributed by atoms with E-state index in [-0.39, 0.29) is 11.7 Å². The molecule has 0 fully saturated rings. The summed E-state index contributed by atoms with van der Waals surface area (Å²) >= 11 is 12.2. The lowest BCUT2D eigenvalue weighted by Gasteiger charge is -2.11. The van der Waals surface area contributed by atoms with E-state index in [1.165, 1.54) is 16.7 Å². The molecule has 0 atom stereocenters. The minimum Gasteiger partial charge on any atom is -0.494 e. The van der Waals surface area contributed by atoms with E-state index in [0.29, 0.717) is 38.6 Å². The number of fused-ring (bicyclic) bond motifs is 1. The molecular weight excluding hydrogens is 469 g/mol. The summed E-state index contributed by atoms with van der Waals surface area (Å²) in [6, 6.07) is 13.0. The number of aromatic hydroxyl groups is 1. The minimum atomic E-state index is -0.997. The zero-order valence-corrected chi connectivity index (χ0v) is 18.1. The Labute approximate surface area is 196 Å². The molecule has 13 heteroatoms. The second kappa shape index (κ2) is 9.10. The predicted molar refractivity (Wildman–Crippen MR) is 126 cm³/mol. The predicted octanol–water partition coefficient (Wildman–Crippen LogP) is 3.15. The van der Waals surface area contributed by atoms with E-state index in [4.69, 9.17) is 34.3 Å². The van der Waals surface area contributed by atoms with Crippen molar-refractivity contribution < 1.29 is 9.90 Å². The monoisotopic (exact) mass is 483 g/mol. The molecule has 4 aromatic rings. The van der Waals surface area contributed by atoms with Gasteiger partial charge in [0.05, 0.1) is 27.6 Å². The molecule has 6 N–H and O–H groups in total. The first kappa shape index (κ1) is 22.0. The number of aromatic nitrogens is 4. The van der Waals surface area contributed by atoms with Gasteiger partial charge in [-0.2, -0.15) is 5.10 Å². The number of carbonyl (C=O) groups is 1. The van der Waals surface area contributed by atoms with Crippen LogP contribution in [0.4, 0.5) is 11.4 Å². The summed E-state index contributed by atoms with van der Waals surface area (Å²) in [5.41, 5.74) is 8.90. The number of benzene rings is 1. The normalized spacial score (nSPS) is 11.4. The Morgan fingerprint density at radius 1 is 1.09 bits per heavy atom. The highest BCUT2D eigenvalue weighted by molar-refractivity contribution is 6.67. The summed E-state index contributed by atoms with van der Waals surface area (Å²) in [5, 5.41) is 33.6. The number of rotatable bonds is 6. The molecule has 1 aromatic carbocycles. The molecule has 0 aliphatic carbocycles. The number of nitrogens with two attached hydrogens (primary N) is 1. The summed E-state index contributed by atoms with van der Waals surface area (Å²) in [5.74, 6) is -0.879. The van der Waals surface area contributed by atoms with Crippen molar-refractivity contribution in [1.29, 1.82) is 5.41 Å². The fraction of sp³-hybridized carbons (Fsp3) is 0. The number of pyridine rings is 2. The molecule has 3 aromatic heterocycles. The maximum absolute atomic E-state index is 11.6. The van der Waals surface area contributed by atoms with Gasteiger partial charge in [0.15, 0.2) is 28.9 Å². The van der Waals surface area contributed by atoms with Gasteiger partial charge < -0.3 is 16.2 Å². The van der Waals surface area contributed by atoms with Gasteiger partial charge in [-0.15, -0.1) is 10.2 Å². The number of nitrogens with zero attached hydrogens (tertiary/aromatic N) is 5. The van der Waals surface area contributed by atoms with Crippen LogP contribution in [0.3, 0.4) is 0 Å². The number of carbonyl (C=O) groups excluding carboxylic acids is 1. The molecule has 0 unspecified atom stereocenters. The van der Waals surface area contributed by atoms with Crippen LogP contribution < -0.4 is 16.5 Å². The molecule has 0 saturated heterocycles. The average Bonchev–Trinajstić information content (AvgIpc) is 3.23. The molecule has 1 amide bonds. The van der Waals surface area contributed by atoms with Gasteiger partial charge in [0.25, 0.3) is 5.91 Å². The van der Waals surface area contributed by atoms with E-state index in [0.717, 1.165) is 0 Å². The van der Waals surface area contributed by atoms with Gasteiger partial charge >= 0.3 is 0 Å². The third-order valence-corrected chi connectivity index (χ3v) is 5.02. The highest BCUT2D eigenvalue weighted by atomic mass is 35.5. The van der Waals surface area contributed by atoms with Crippen molar-refractivity contribution in [3.05, 3.63) is 64.8 Å². The molecule has 0 spiro atoms. The molecule has 11 nitrogen and oxygen atoms in total. The quantitative estimate of drug-likeness (QED) is 0.159. The van der Waals surface area contributed by atoms with E-state index in [2.05, 4.69) is 31.0 Å². The number of hydrazone groups is 1. The van der Waals surface area contributed by atoms with Crippen molar-refractivity contribution in [1.82, 2.24) is 19.6 Å². The maximum Gasteiger partial charge on any atom is 0.270 e. The van der Waals surface area contributed by atoms with Crippen LogP contribution in [-0.4, -0.2) is 42.1 Å². The number of para-hydroxylation sites is 1. The number of primary amides is 1. The Balaban J connectivity index is 1.61. The van der Waals surface area contributed by atoms with Gasteiger partial charge in [-0.05, 0) is 36.4 Å². The lowest BCUT2D eigenvalue weighted by atomic mass is 10.3. The number of anilines is 2. The third kappa shape index (κ3) is 4.54. The number of hydrogen-bond acceptors (Lipinski definition) is 8. The Kier molecular flexibility index (Phi) is 6.07. The maximum atomic E-state index is 11.6. The number of nitrogens with one attached hydrogen (secondary N) is 3. The lowest BCUT2D eigenvalue weighted by Crippen LogP contribution is -2.35. The Morgan fingerprint density at radius 2 is 1.82 bits per heavy atom. The van der Waals surface area contributed by atoms with Crippen LogP contribution in [0.25, 0.3) is 17.2 Å². The first-order valence-electron chi connectivity index (χ1n) is 9.28. The summed E-state index contributed by atoms with van der Waals surface area (Å²) in [7, 11) is 0. The number of hydrogen-bond donors (Lipinski definition) is 5. The van der Waals surface area contributed by atoms with Crippen LogP contribution in [-0.2, 0) is 4.79 Å². The standard InChI is InChI=1S/C20H15Cl2N9O2/c21-11-3-1-4-12(22)17(11)28-29-19(16(23)18(24)33)26-10-7-8-13(25-9-10)20-30-27-14-5-2-6-15(32)31(14)20/h1-9,23,28,32H,(H2,24,33)(H,26,29). The SMILES string of the molecule is N=C(C(N)=O)/C(=N\Nc1c(Cl)cccc1Cl)Nc1ccc(-c2nnc3cccc(O)n23)nc1. The van der Waals surface area contributed by atoms with Crippen molar-refractivity contribution in [3.63, 3.8) is 0 Å². The van der Waals surface area contributed by atoms with E-state index in [1.807, 2.05) is 0 Å². The van der Waals surface area contributed by atoms with Crippen LogP contribution in [0.15, 0.2) is 59.8 Å². The summed E-state index contributed by atoms with van der Waals surface area (Å²) in [4.78, 5) is 15.9. The number of amidine groups is 1. The summed E-state index contributed by atoms with van der Waals surface area (Å²) < 4.78 is 1.45. The van der Waals surface area contributed by atoms with Crippen LogP contribution >= 0.6 is 23.2 Å². The molecule has 3 heterocycles. The van der Waals surface area contributed by atoms with Crippen LogP contribution in [0.1, 0.15) is 0 Å². The smallest absolute Gasteiger partial charge is 0.270 e. The van der Waals surface area contributed by atoms with Crippen LogP contribution in [0.2, 0.25) is 10.0 Å². The van der Waals surface area contributed by atoms with Crippen LogP contribution in [0, 0.1) is 5.41 Å². The first-order valence-corrected chi connectivity index (χ1v) is 10.0. The number of halogens is 2. The van der Waals surface area contributed by atoms with E-state index in [1.54, 1.807) is 42.5 Å². The fourth-order valence-electron chi connectivity index (χ4n) is 2.81. The lowest BCUT2D eigenvalue weighted by molar-refractivity contribution is -0.111. The number of amides is 1. The fourth-order valence-corrected chi connectivity index (χ4v) is 3.29. The molecule has 0 saturated carbocycles. The van der Waals surface area contributed by atoms with Crippen molar-refractivity contribution in [2.24, 2.45) is 10.8 Å². The molecule has 4 rings (SSSR count). The molecule has 166 valence electrons. The van der Waals surface area contributed by atoms with Gasteiger partial charge in [-0.3, -0.25) is 20.6 Å². The van der Waals surface area contributed by atoms with Gasteiger partial charge in [-0.1, -0.05) is 35.3 Å². The molecule has 0 aliphatic rings.